The lowest BCUT2D eigenvalue weighted by atomic mass is 10.1. The molecule has 0 saturated carbocycles. The van der Waals surface area contributed by atoms with E-state index in [9.17, 15) is 18.0 Å². The molecule has 8 heteroatoms. The molecule has 1 saturated heterocycles. The van der Waals surface area contributed by atoms with Crippen molar-refractivity contribution in [1.82, 2.24) is 4.90 Å². The van der Waals surface area contributed by atoms with E-state index in [1.807, 2.05) is 12.1 Å². The van der Waals surface area contributed by atoms with Gasteiger partial charge in [-0.2, -0.15) is 0 Å². The third-order valence-corrected chi connectivity index (χ3v) is 5.47. The maximum Gasteiger partial charge on any atom is 0.234 e. The third-order valence-electron chi connectivity index (χ3n) is 4.22. The Morgan fingerprint density at radius 2 is 1.73 bits per heavy atom. The lowest BCUT2D eigenvalue weighted by Crippen LogP contribution is -2.28. The molecule has 4 nitrogen and oxygen atoms in total. The summed E-state index contributed by atoms with van der Waals surface area (Å²) < 4.78 is 51.1. The highest BCUT2D eigenvalue weighted by atomic mass is 32.2. The standard InChI is InChI=1S/C18H14F3NO3S/c19-12-5-10(6-13(20)17(12)21)8-22-16(23)9-26-18(22)11-1-2-14-15(7-11)25-4-3-24-14/h1-2,5-7,18H,3-4,8-9H2. The number of carbonyl (C=O) groups excluding carboxylic acids is 1. The molecule has 2 aliphatic rings. The van der Waals surface area contributed by atoms with E-state index in [0.29, 0.717) is 24.7 Å². The monoisotopic (exact) mass is 381 g/mol. The maximum atomic E-state index is 13.5. The summed E-state index contributed by atoms with van der Waals surface area (Å²) in [5.74, 6) is -2.70. The highest BCUT2D eigenvalue weighted by molar-refractivity contribution is 8.00. The first-order valence-electron chi connectivity index (χ1n) is 7.97. The van der Waals surface area contributed by atoms with Crippen molar-refractivity contribution in [2.45, 2.75) is 11.9 Å². The molecule has 4 rings (SSSR count). The predicted octanol–water partition coefficient (Wildman–Crippen LogP) is 3.65. The van der Waals surface area contributed by atoms with Gasteiger partial charge in [0.05, 0.1) is 5.75 Å². The first-order chi connectivity index (χ1) is 12.5. The summed E-state index contributed by atoms with van der Waals surface area (Å²) in [6.07, 6.45) is 0. The average molecular weight is 381 g/mol. The van der Waals surface area contributed by atoms with Gasteiger partial charge in [0.15, 0.2) is 29.0 Å². The SMILES string of the molecule is O=C1CSC(c2ccc3c(c2)OCCO3)N1Cc1cc(F)c(F)c(F)c1. The highest BCUT2D eigenvalue weighted by Crippen LogP contribution is 2.42. The summed E-state index contributed by atoms with van der Waals surface area (Å²) in [5, 5.41) is -0.325. The van der Waals surface area contributed by atoms with E-state index in [2.05, 4.69) is 0 Å². The average Bonchev–Trinajstić information content (AvgIpc) is 3.00. The molecule has 0 aromatic heterocycles. The summed E-state index contributed by atoms with van der Waals surface area (Å²) in [4.78, 5) is 13.8. The Hall–Kier alpha value is -2.35. The maximum absolute atomic E-state index is 13.5. The van der Waals surface area contributed by atoms with Gasteiger partial charge in [0.1, 0.15) is 18.6 Å². The molecule has 0 radical (unpaired) electrons. The minimum atomic E-state index is -1.51. The largest absolute Gasteiger partial charge is 0.486 e. The molecule has 1 amide bonds. The van der Waals surface area contributed by atoms with Crippen molar-refractivity contribution in [1.29, 1.82) is 0 Å². The van der Waals surface area contributed by atoms with Crippen LogP contribution in [0.15, 0.2) is 30.3 Å². The van der Waals surface area contributed by atoms with E-state index in [4.69, 9.17) is 9.47 Å². The predicted molar refractivity (Wildman–Crippen MR) is 89.5 cm³/mol. The van der Waals surface area contributed by atoms with Crippen molar-refractivity contribution in [2.24, 2.45) is 0 Å². The summed E-state index contributed by atoms with van der Waals surface area (Å²) in [6, 6.07) is 7.25. The molecule has 2 aromatic rings. The second kappa shape index (κ2) is 6.75. The Kier molecular flexibility index (Phi) is 4.44. The van der Waals surface area contributed by atoms with Gasteiger partial charge in [-0.25, -0.2) is 13.2 Å². The molecule has 0 N–H and O–H groups in total. The van der Waals surface area contributed by atoms with Crippen molar-refractivity contribution < 1.29 is 27.4 Å². The number of carbonyl (C=O) groups is 1. The Morgan fingerprint density at radius 3 is 2.46 bits per heavy atom. The van der Waals surface area contributed by atoms with Crippen LogP contribution in [0, 0.1) is 17.5 Å². The van der Waals surface area contributed by atoms with E-state index >= 15 is 0 Å². The van der Waals surface area contributed by atoms with Crippen LogP contribution in [0.5, 0.6) is 11.5 Å². The minimum absolute atomic E-state index is 0.0148. The first kappa shape index (κ1) is 17.1. The fraction of sp³-hybridized carbons (Fsp3) is 0.278. The lowest BCUT2D eigenvalue weighted by Gasteiger charge is -2.26. The Bertz CT molecular complexity index is 854. The lowest BCUT2D eigenvalue weighted by molar-refractivity contribution is -0.128. The van der Waals surface area contributed by atoms with Gasteiger partial charge in [0, 0.05) is 6.54 Å². The number of ether oxygens (including phenoxy) is 2. The molecule has 0 spiro atoms. The van der Waals surface area contributed by atoms with Gasteiger partial charge in [0.25, 0.3) is 0 Å². The molecule has 1 unspecified atom stereocenters. The van der Waals surface area contributed by atoms with Gasteiger partial charge in [-0.15, -0.1) is 11.8 Å². The van der Waals surface area contributed by atoms with Gasteiger partial charge in [-0.05, 0) is 35.4 Å². The van der Waals surface area contributed by atoms with Gasteiger partial charge in [-0.1, -0.05) is 6.07 Å². The van der Waals surface area contributed by atoms with E-state index in [1.54, 1.807) is 6.07 Å². The summed E-state index contributed by atoms with van der Waals surface area (Å²) in [7, 11) is 0. The van der Waals surface area contributed by atoms with Crippen LogP contribution in [-0.2, 0) is 11.3 Å². The van der Waals surface area contributed by atoms with Crippen LogP contribution in [0.25, 0.3) is 0 Å². The zero-order valence-corrected chi connectivity index (χ0v) is 14.3. The second-order valence-electron chi connectivity index (χ2n) is 5.96. The number of hydrogen-bond acceptors (Lipinski definition) is 4. The summed E-state index contributed by atoms with van der Waals surface area (Å²) >= 11 is 1.41. The van der Waals surface area contributed by atoms with E-state index in [1.165, 1.54) is 16.7 Å². The van der Waals surface area contributed by atoms with Crippen molar-refractivity contribution in [3.8, 4) is 11.5 Å². The molecule has 2 aromatic carbocycles. The molecule has 26 heavy (non-hydrogen) atoms. The van der Waals surface area contributed by atoms with Gasteiger partial charge in [-0.3, -0.25) is 4.79 Å². The van der Waals surface area contributed by atoms with Crippen molar-refractivity contribution >= 4 is 17.7 Å². The fourth-order valence-electron chi connectivity index (χ4n) is 3.01. The quantitative estimate of drug-likeness (QED) is 0.761. The van der Waals surface area contributed by atoms with Crippen molar-refractivity contribution in [3.63, 3.8) is 0 Å². The number of benzene rings is 2. The third kappa shape index (κ3) is 3.09. The molecule has 0 bridgehead atoms. The van der Waals surface area contributed by atoms with Crippen LogP contribution in [0.1, 0.15) is 16.5 Å². The second-order valence-corrected chi connectivity index (χ2v) is 7.03. The number of fused-ring (bicyclic) bond motifs is 1. The van der Waals surface area contributed by atoms with Crippen LogP contribution < -0.4 is 9.47 Å². The molecule has 1 atom stereocenters. The smallest absolute Gasteiger partial charge is 0.234 e. The zero-order valence-electron chi connectivity index (χ0n) is 13.5. The van der Waals surface area contributed by atoms with Crippen molar-refractivity contribution in [2.75, 3.05) is 19.0 Å². The van der Waals surface area contributed by atoms with E-state index < -0.39 is 17.5 Å². The first-order valence-corrected chi connectivity index (χ1v) is 9.02. The molecule has 0 aliphatic carbocycles. The molecule has 1 fully saturated rings. The van der Waals surface area contributed by atoms with Gasteiger partial charge in [0.2, 0.25) is 5.91 Å². The molecule has 136 valence electrons. The fourth-order valence-corrected chi connectivity index (χ4v) is 4.19. The number of rotatable bonds is 3. The number of hydrogen-bond donors (Lipinski definition) is 0. The van der Waals surface area contributed by atoms with Crippen molar-refractivity contribution in [3.05, 3.63) is 58.9 Å². The Labute approximate surface area is 151 Å². The van der Waals surface area contributed by atoms with E-state index in [0.717, 1.165) is 17.7 Å². The topological polar surface area (TPSA) is 38.8 Å². The number of nitrogens with zero attached hydrogens (tertiary/aromatic N) is 1. The van der Waals surface area contributed by atoms with Crippen LogP contribution >= 0.6 is 11.8 Å². The number of amides is 1. The summed E-state index contributed by atoms with van der Waals surface area (Å²) in [5.41, 5.74) is 1.02. The zero-order chi connectivity index (χ0) is 18.3. The highest BCUT2D eigenvalue weighted by Gasteiger charge is 2.34. The Morgan fingerprint density at radius 1 is 1.04 bits per heavy atom. The number of halogens is 3. The Balaban J connectivity index is 1.62. The van der Waals surface area contributed by atoms with Gasteiger partial charge < -0.3 is 14.4 Å². The summed E-state index contributed by atoms with van der Waals surface area (Å²) in [6.45, 7) is 0.918. The van der Waals surface area contributed by atoms with Crippen LogP contribution in [0.3, 0.4) is 0 Å². The van der Waals surface area contributed by atoms with Gasteiger partial charge >= 0.3 is 0 Å². The van der Waals surface area contributed by atoms with Crippen LogP contribution in [-0.4, -0.2) is 29.8 Å². The molecule has 2 aliphatic heterocycles. The molecular formula is C18H14F3NO3S. The molecule has 2 heterocycles. The minimum Gasteiger partial charge on any atom is -0.486 e. The van der Waals surface area contributed by atoms with Crippen LogP contribution in [0.2, 0.25) is 0 Å². The molecular weight excluding hydrogens is 367 g/mol. The van der Waals surface area contributed by atoms with Crippen LogP contribution in [0.4, 0.5) is 13.2 Å². The number of thioether (sulfide) groups is 1. The van der Waals surface area contributed by atoms with E-state index in [-0.39, 0.29) is 29.1 Å². The normalized spacial score (nSPS) is 19.1.